The summed E-state index contributed by atoms with van der Waals surface area (Å²) in [6, 6.07) is 0. The van der Waals surface area contributed by atoms with Crippen molar-refractivity contribution in [2.24, 2.45) is 0 Å². The van der Waals surface area contributed by atoms with Crippen LogP contribution in [0.3, 0.4) is 0 Å². The molecule has 1 aliphatic rings. The van der Waals surface area contributed by atoms with Gasteiger partial charge in [-0.2, -0.15) is 4.98 Å². The molecule has 3 atom stereocenters. The van der Waals surface area contributed by atoms with E-state index in [0.29, 0.717) is 14.0 Å². The molecule has 4 N–H and O–H groups in total. The van der Waals surface area contributed by atoms with Gasteiger partial charge in [-0.3, -0.25) is 9.36 Å². The molecule has 0 saturated carbocycles. The second-order valence-electron chi connectivity index (χ2n) is 4.40. The number of aliphatic hydroxyl groups excluding tert-OH is 2. The van der Waals surface area contributed by atoms with E-state index in [9.17, 15) is 9.90 Å². The van der Waals surface area contributed by atoms with Crippen LogP contribution >= 0.6 is 33.9 Å². The van der Waals surface area contributed by atoms with Crippen molar-refractivity contribution < 1.29 is 14.9 Å². The lowest BCUT2D eigenvalue weighted by atomic mass is 10.2. The molecule has 0 unspecified atom stereocenters. The van der Waals surface area contributed by atoms with Crippen molar-refractivity contribution in [3.8, 4) is 0 Å². The normalized spacial score (nSPS) is 26.4. The third-order valence-electron chi connectivity index (χ3n) is 3.06. The number of rotatable bonds is 2. The van der Waals surface area contributed by atoms with Gasteiger partial charge in [0.1, 0.15) is 14.5 Å². The maximum atomic E-state index is 12.1. The van der Waals surface area contributed by atoms with E-state index >= 15 is 0 Å². The van der Waals surface area contributed by atoms with Crippen LogP contribution in [-0.4, -0.2) is 43.6 Å². The monoisotopic (exact) mass is 410 g/mol. The van der Waals surface area contributed by atoms with E-state index in [1.54, 1.807) is 0 Å². The van der Waals surface area contributed by atoms with Gasteiger partial charge in [0, 0.05) is 6.42 Å². The summed E-state index contributed by atoms with van der Waals surface area (Å²) in [5.41, 5.74) is 5.96. The number of hydrogen-bond donors (Lipinski definition) is 3. The highest BCUT2D eigenvalue weighted by Crippen LogP contribution is 2.32. The lowest BCUT2D eigenvalue weighted by Crippen LogP contribution is -2.27. The molecule has 0 aliphatic carbocycles. The Morgan fingerprint density at radius 3 is 2.95 bits per heavy atom. The van der Waals surface area contributed by atoms with Gasteiger partial charge >= 0.3 is 4.87 Å². The molecule has 1 fully saturated rings. The van der Waals surface area contributed by atoms with Gasteiger partial charge in [0.2, 0.25) is 5.95 Å². The van der Waals surface area contributed by atoms with Gasteiger partial charge in [-0.25, -0.2) is 4.98 Å². The molecule has 3 heterocycles. The number of nitrogens with zero attached hydrogens (tertiary/aromatic N) is 3. The van der Waals surface area contributed by atoms with E-state index in [-0.39, 0.29) is 23.8 Å². The van der Waals surface area contributed by atoms with Crippen molar-refractivity contribution in [3.63, 3.8) is 0 Å². The smallest absolute Gasteiger partial charge is 0.311 e. The Bertz CT molecular complexity index is 717. The maximum absolute atomic E-state index is 12.1. The summed E-state index contributed by atoms with van der Waals surface area (Å²) < 4.78 is 7.97. The molecule has 0 radical (unpaired) electrons. The average molecular weight is 410 g/mol. The Balaban J connectivity index is 2.17. The number of ether oxygens (including phenoxy) is 1. The van der Waals surface area contributed by atoms with Gasteiger partial charge in [0.25, 0.3) is 0 Å². The van der Waals surface area contributed by atoms with Crippen LogP contribution in [0, 0.1) is 3.70 Å². The fourth-order valence-corrected chi connectivity index (χ4v) is 3.85. The van der Waals surface area contributed by atoms with Crippen LogP contribution in [0.25, 0.3) is 10.3 Å². The average Bonchev–Trinajstić information content (AvgIpc) is 2.89. The molecule has 0 spiro atoms. The second-order valence-corrected chi connectivity index (χ2v) is 6.38. The number of halogens is 1. The SMILES string of the molecule is Nc1nc(I)c2sc(=O)n([C@@H]3O[C@H](CO)C[C@H]3O)c2n1. The molecule has 1 aliphatic heterocycles. The molecule has 0 bridgehead atoms. The molecule has 20 heavy (non-hydrogen) atoms. The highest BCUT2D eigenvalue weighted by Gasteiger charge is 2.37. The summed E-state index contributed by atoms with van der Waals surface area (Å²) >= 11 is 2.95. The molecule has 10 heteroatoms. The van der Waals surface area contributed by atoms with Crippen molar-refractivity contribution in [3.05, 3.63) is 13.4 Å². The second kappa shape index (κ2) is 5.18. The Kier molecular flexibility index (Phi) is 3.66. The zero-order chi connectivity index (χ0) is 14.4. The van der Waals surface area contributed by atoms with Crippen LogP contribution in [0.2, 0.25) is 0 Å². The topological polar surface area (TPSA) is 123 Å². The number of anilines is 1. The number of hydrogen-bond acceptors (Lipinski definition) is 8. The van der Waals surface area contributed by atoms with Crippen molar-refractivity contribution >= 4 is 50.2 Å². The standard InChI is InChI=1S/C10H11IN4O4S/c11-6-5-7(14-9(12)13-6)15(10(18)20-5)8-4(17)1-3(2-16)19-8/h3-4,8,16-17H,1-2H2,(H2,12,13,14)/t3-,4+,8+/m0/s1. The third-order valence-corrected chi connectivity index (χ3v) is 5.16. The summed E-state index contributed by atoms with van der Waals surface area (Å²) in [5.74, 6) is 0.0552. The zero-order valence-corrected chi connectivity index (χ0v) is 13.0. The van der Waals surface area contributed by atoms with Gasteiger partial charge in [-0.05, 0) is 22.6 Å². The minimum atomic E-state index is -0.878. The van der Waals surface area contributed by atoms with E-state index < -0.39 is 18.4 Å². The molecule has 2 aromatic heterocycles. The molecular formula is C10H11IN4O4S. The number of aromatic nitrogens is 3. The fraction of sp³-hybridized carbons (Fsp3) is 0.500. The van der Waals surface area contributed by atoms with Gasteiger partial charge < -0.3 is 20.7 Å². The van der Waals surface area contributed by atoms with E-state index in [4.69, 9.17) is 15.6 Å². The van der Waals surface area contributed by atoms with Crippen molar-refractivity contribution in [1.29, 1.82) is 0 Å². The predicted octanol–water partition coefficient (Wildman–Crippen LogP) is -0.320. The van der Waals surface area contributed by atoms with Gasteiger partial charge in [0.15, 0.2) is 11.9 Å². The molecule has 0 aromatic carbocycles. The molecule has 3 rings (SSSR count). The number of thiazole rings is 1. The molecule has 1 saturated heterocycles. The number of nitrogen functional groups attached to an aromatic ring is 1. The molecule has 108 valence electrons. The first-order valence-corrected chi connectivity index (χ1v) is 7.69. The van der Waals surface area contributed by atoms with Crippen LogP contribution in [0.4, 0.5) is 5.95 Å². The van der Waals surface area contributed by atoms with E-state index in [0.717, 1.165) is 11.3 Å². The number of aliphatic hydroxyl groups is 2. The minimum Gasteiger partial charge on any atom is -0.394 e. The lowest BCUT2D eigenvalue weighted by molar-refractivity contribution is -0.0495. The molecule has 0 amide bonds. The zero-order valence-electron chi connectivity index (χ0n) is 10.1. The van der Waals surface area contributed by atoms with Crippen molar-refractivity contribution in [2.45, 2.75) is 24.9 Å². The first-order valence-electron chi connectivity index (χ1n) is 5.79. The van der Waals surface area contributed by atoms with Gasteiger partial charge in [-0.1, -0.05) is 11.3 Å². The maximum Gasteiger partial charge on any atom is 0.311 e. The quantitative estimate of drug-likeness (QED) is 0.458. The van der Waals surface area contributed by atoms with Crippen LogP contribution in [0.5, 0.6) is 0 Å². The number of fused-ring (bicyclic) bond motifs is 1. The van der Waals surface area contributed by atoms with Gasteiger partial charge in [-0.15, -0.1) is 0 Å². The fourth-order valence-electron chi connectivity index (χ4n) is 2.21. The summed E-state index contributed by atoms with van der Waals surface area (Å²) in [7, 11) is 0. The Labute approximate surface area is 130 Å². The summed E-state index contributed by atoms with van der Waals surface area (Å²) in [6.07, 6.45) is -1.96. The Morgan fingerprint density at radius 1 is 1.55 bits per heavy atom. The van der Waals surface area contributed by atoms with Gasteiger partial charge in [0.05, 0.1) is 12.7 Å². The highest BCUT2D eigenvalue weighted by atomic mass is 127. The van der Waals surface area contributed by atoms with E-state index in [2.05, 4.69) is 9.97 Å². The highest BCUT2D eigenvalue weighted by molar-refractivity contribution is 14.1. The third kappa shape index (κ3) is 2.20. The largest absolute Gasteiger partial charge is 0.394 e. The Hall–Kier alpha value is -0.820. The van der Waals surface area contributed by atoms with Crippen LogP contribution in [-0.2, 0) is 4.74 Å². The Morgan fingerprint density at radius 2 is 2.30 bits per heavy atom. The first kappa shape index (κ1) is 14.1. The molecule has 8 nitrogen and oxygen atoms in total. The molecule has 2 aromatic rings. The summed E-state index contributed by atoms with van der Waals surface area (Å²) in [5, 5.41) is 19.1. The van der Waals surface area contributed by atoms with Crippen molar-refractivity contribution in [1.82, 2.24) is 14.5 Å². The van der Waals surface area contributed by atoms with Crippen molar-refractivity contribution in [2.75, 3.05) is 12.3 Å². The van der Waals surface area contributed by atoms with Crippen LogP contribution in [0.15, 0.2) is 4.79 Å². The summed E-state index contributed by atoms with van der Waals surface area (Å²) in [6.45, 7) is -0.209. The van der Waals surface area contributed by atoms with E-state index in [1.165, 1.54) is 4.57 Å². The van der Waals surface area contributed by atoms with Crippen LogP contribution < -0.4 is 10.6 Å². The predicted molar refractivity (Wildman–Crippen MR) is 80.4 cm³/mol. The number of nitrogens with two attached hydrogens (primary N) is 1. The lowest BCUT2D eigenvalue weighted by Gasteiger charge is -2.15. The first-order chi connectivity index (χ1) is 9.51. The van der Waals surface area contributed by atoms with Crippen LogP contribution in [0.1, 0.15) is 12.6 Å². The summed E-state index contributed by atoms with van der Waals surface area (Å²) in [4.78, 5) is 19.9. The molecular weight excluding hydrogens is 399 g/mol. The van der Waals surface area contributed by atoms with E-state index in [1.807, 2.05) is 22.6 Å². The minimum absolute atomic E-state index is 0.0552.